The third kappa shape index (κ3) is 3.13. The fourth-order valence-electron chi connectivity index (χ4n) is 1.98. The maximum absolute atomic E-state index is 12.4. The lowest BCUT2D eigenvalue weighted by atomic mass is 10.1. The number of nitrogens with zero attached hydrogens (tertiary/aromatic N) is 1. The Morgan fingerprint density at radius 2 is 2.28 bits per heavy atom. The van der Waals surface area contributed by atoms with Gasteiger partial charge in [0, 0.05) is 22.0 Å². The molecule has 0 bridgehead atoms. The molecule has 1 fully saturated rings. The molecule has 0 aliphatic carbocycles. The van der Waals surface area contributed by atoms with E-state index in [1.807, 2.05) is 23.1 Å². The van der Waals surface area contributed by atoms with Crippen molar-refractivity contribution in [2.24, 2.45) is 0 Å². The molecule has 98 valence electrons. The molecule has 5 heteroatoms. The minimum atomic E-state index is 0.0659. The molecule has 0 spiro atoms. The second kappa shape index (κ2) is 6.17. The number of hydrogen-bond donors (Lipinski definition) is 0. The minimum absolute atomic E-state index is 0.0659. The highest BCUT2D eigenvalue weighted by Gasteiger charge is 2.25. The first-order valence-corrected chi connectivity index (χ1v) is 7.56. The Balaban J connectivity index is 2.15. The number of benzene rings is 1. The molecule has 1 aromatic rings. The number of morpholine rings is 1. The molecule has 1 saturated heterocycles. The zero-order chi connectivity index (χ0) is 13.1. The quantitative estimate of drug-likeness (QED) is 0.790. The normalized spacial score (nSPS) is 19.9. The average molecular weight is 377 g/mol. The van der Waals surface area contributed by atoms with Gasteiger partial charge in [0.05, 0.1) is 18.3 Å². The van der Waals surface area contributed by atoms with E-state index in [2.05, 4.69) is 38.8 Å². The van der Waals surface area contributed by atoms with Gasteiger partial charge in [0.25, 0.3) is 5.91 Å². The van der Waals surface area contributed by atoms with Gasteiger partial charge in [0.2, 0.25) is 0 Å². The largest absolute Gasteiger partial charge is 0.375 e. The second-order valence-electron chi connectivity index (χ2n) is 4.28. The molecule has 1 heterocycles. The minimum Gasteiger partial charge on any atom is -0.375 e. The summed E-state index contributed by atoms with van der Waals surface area (Å²) in [6.45, 7) is 4.04. The van der Waals surface area contributed by atoms with Gasteiger partial charge in [-0.1, -0.05) is 22.9 Å². The number of amides is 1. The van der Waals surface area contributed by atoms with Crippen LogP contribution in [0.25, 0.3) is 0 Å². The van der Waals surface area contributed by atoms with Crippen LogP contribution in [0.4, 0.5) is 0 Å². The van der Waals surface area contributed by atoms with E-state index in [4.69, 9.17) is 4.74 Å². The van der Waals surface area contributed by atoms with Crippen molar-refractivity contribution in [1.29, 1.82) is 0 Å². The van der Waals surface area contributed by atoms with Crippen molar-refractivity contribution in [3.8, 4) is 0 Å². The Hall–Kier alpha value is -0.390. The maximum atomic E-state index is 12.4. The summed E-state index contributed by atoms with van der Waals surface area (Å²) in [6.07, 6.45) is 1.10. The number of carbonyl (C=O) groups is 1. The molecule has 0 N–H and O–H groups in total. The molecule has 1 aromatic carbocycles. The van der Waals surface area contributed by atoms with Gasteiger partial charge in [-0.2, -0.15) is 0 Å². The van der Waals surface area contributed by atoms with Crippen LogP contribution in [-0.4, -0.2) is 36.6 Å². The molecular formula is C13H15Br2NO2. The maximum Gasteiger partial charge on any atom is 0.255 e. The van der Waals surface area contributed by atoms with Crippen molar-refractivity contribution in [3.63, 3.8) is 0 Å². The molecule has 1 aliphatic heterocycles. The van der Waals surface area contributed by atoms with Crippen LogP contribution in [0.15, 0.2) is 27.1 Å². The molecule has 18 heavy (non-hydrogen) atoms. The van der Waals surface area contributed by atoms with E-state index >= 15 is 0 Å². The SMILES string of the molecule is CCC1CN(C(=O)c2ccc(Br)cc2Br)CCO1. The number of hydrogen-bond acceptors (Lipinski definition) is 2. The van der Waals surface area contributed by atoms with Crippen LogP contribution in [-0.2, 0) is 4.74 Å². The monoisotopic (exact) mass is 375 g/mol. The first-order valence-electron chi connectivity index (χ1n) is 5.97. The summed E-state index contributed by atoms with van der Waals surface area (Å²) in [5.74, 6) is 0.0659. The molecule has 1 aliphatic rings. The highest BCUT2D eigenvalue weighted by molar-refractivity contribution is 9.11. The van der Waals surface area contributed by atoms with Crippen LogP contribution in [0.5, 0.6) is 0 Å². The summed E-state index contributed by atoms with van der Waals surface area (Å²) < 4.78 is 7.36. The van der Waals surface area contributed by atoms with E-state index in [0.717, 1.165) is 15.4 Å². The van der Waals surface area contributed by atoms with Crippen molar-refractivity contribution in [3.05, 3.63) is 32.7 Å². The molecule has 1 unspecified atom stereocenters. The highest BCUT2D eigenvalue weighted by Crippen LogP contribution is 2.24. The van der Waals surface area contributed by atoms with Gasteiger partial charge < -0.3 is 9.64 Å². The predicted molar refractivity (Wildman–Crippen MR) is 77.8 cm³/mol. The van der Waals surface area contributed by atoms with Crippen molar-refractivity contribution in [2.45, 2.75) is 19.4 Å². The summed E-state index contributed by atoms with van der Waals surface area (Å²) in [5.41, 5.74) is 0.704. The fourth-order valence-corrected chi connectivity index (χ4v) is 3.20. The van der Waals surface area contributed by atoms with Gasteiger partial charge in [0.15, 0.2) is 0 Å². The van der Waals surface area contributed by atoms with Gasteiger partial charge in [0.1, 0.15) is 0 Å². The first kappa shape index (κ1) is 14.0. The fraction of sp³-hybridized carbons (Fsp3) is 0.462. The Morgan fingerprint density at radius 1 is 1.50 bits per heavy atom. The third-order valence-corrected chi connectivity index (χ3v) is 4.19. The van der Waals surface area contributed by atoms with E-state index in [1.165, 1.54) is 0 Å². The Kier molecular flexibility index (Phi) is 4.81. The summed E-state index contributed by atoms with van der Waals surface area (Å²) in [6, 6.07) is 5.62. The van der Waals surface area contributed by atoms with Crippen LogP contribution < -0.4 is 0 Å². The Labute approximate surface area is 124 Å². The zero-order valence-electron chi connectivity index (χ0n) is 10.2. The first-order chi connectivity index (χ1) is 8.61. The van der Waals surface area contributed by atoms with E-state index in [1.54, 1.807) is 0 Å². The van der Waals surface area contributed by atoms with Crippen molar-refractivity contribution < 1.29 is 9.53 Å². The molecule has 0 saturated carbocycles. The van der Waals surface area contributed by atoms with Crippen molar-refractivity contribution >= 4 is 37.8 Å². The van der Waals surface area contributed by atoms with Gasteiger partial charge in [-0.25, -0.2) is 0 Å². The number of carbonyl (C=O) groups excluding carboxylic acids is 1. The van der Waals surface area contributed by atoms with Crippen LogP contribution >= 0.6 is 31.9 Å². The second-order valence-corrected chi connectivity index (χ2v) is 6.05. The smallest absolute Gasteiger partial charge is 0.255 e. The molecule has 0 radical (unpaired) electrons. The topological polar surface area (TPSA) is 29.5 Å². The highest BCUT2D eigenvalue weighted by atomic mass is 79.9. The average Bonchev–Trinajstić information content (AvgIpc) is 2.38. The van der Waals surface area contributed by atoms with E-state index in [0.29, 0.717) is 25.3 Å². The Bertz CT molecular complexity index is 451. The van der Waals surface area contributed by atoms with Gasteiger partial charge in [-0.3, -0.25) is 4.79 Å². The summed E-state index contributed by atoms with van der Waals surface area (Å²) in [7, 11) is 0. The van der Waals surface area contributed by atoms with E-state index in [-0.39, 0.29) is 12.0 Å². The van der Waals surface area contributed by atoms with E-state index in [9.17, 15) is 4.79 Å². The van der Waals surface area contributed by atoms with Crippen molar-refractivity contribution in [2.75, 3.05) is 19.7 Å². The van der Waals surface area contributed by atoms with Crippen LogP contribution in [0.1, 0.15) is 23.7 Å². The summed E-state index contributed by atoms with van der Waals surface area (Å²) >= 11 is 6.83. The molecule has 2 rings (SSSR count). The van der Waals surface area contributed by atoms with Gasteiger partial charge in [-0.05, 0) is 40.5 Å². The molecular weight excluding hydrogens is 362 g/mol. The van der Waals surface area contributed by atoms with Crippen molar-refractivity contribution in [1.82, 2.24) is 4.90 Å². The lowest BCUT2D eigenvalue weighted by Gasteiger charge is -2.32. The number of ether oxygens (including phenoxy) is 1. The molecule has 0 aromatic heterocycles. The molecule has 3 nitrogen and oxygen atoms in total. The lowest BCUT2D eigenvalue weighted by molar-refractivity contribution is -0.0226. The number of halogens is 2. The standard InChI is InChI=1S/C13H15Br2NO2/c1-2-10-8-16(5-6-18-10)13(17)11-4-3-9(14)7-12(11)15/h3-4,7,10H,2,5-6,8H2,1H3. The Morgan fingerprint density at radius 3 is 2.94 bits per heavy atom. The van der Waals surface area contributed by atoms with Crippen LogP contribution in [0.2, 0.25) is 0 Å². The third-order valence-electron chi connectivity index (χ3n) is 3.04. The van der Waals surface area contributed by atoms with Crippen LogP contribution in [0.3, 0.4) is 0 Å². The zero-order valence-corrected chi connectivity index (χ0v) is 13.3. The van der Waals surface area contributed by atoms with E-state index < -0.39 is 0 Å². The van der Waals surface area contributed by atoms with Gasteiger partial charge >= 0.3 is 0 Å². The lowest BCUT2D eigenvalue weighted by Crippen LogP contribution is -2.45. The molecule has 1 amide bonds. The van der Waals surface area contributed by atoms with Gasteiger partial charge in [-0.15, -0.1) is 0 Å². The number of rotatable bonds is 2. The summed E-state index contributed by atoms with van der Waals surface area (Å²) in [4.78, 5) is 14.3. The molecule has 1 atom stereocenters. The summed E-state index contributed by atoms with van der Waals surface area (Å²) in [5, 5.41) is 0. The van der Waals surface area contributed by atoms with Crippen LogP contribution in [0, 0.1) is 0 Å². The predicted octanol–water partition coefficient (Wildman–Crippen LogP) is 3.46.